The van der Waals surface area contributed by atoms with E-state index in [0.717, 1.165) is 37.3 Å². The minimum atomic E-state index is 0.280. The molecule has 0 spiro atoms. The molecule has 1 atom stereocenters. The summed E-state index contributed by atoms with van der Waals surface area (Å²) in [6.45, 7) is 5.19. The number of rotatable bonds is 4. The molecule has 4 rings (SSSR count). The molecule has 0 saturated heterocycles. The number of phenolic OH excluding ortho intramolecular Hbond substituents is 1. The Morgan fingerprint density at radius 3 is 2.83 bits per heavy atom. The maximum absolute atomic E-state index is 9.49. The minimum absolute atomic E-state index is 0.280. The van der Waals surface area contributed by atoms with Crippen molar-refractivity contribution in [1.29, 1.82) is 0 Å². The van der Waals surface area contributed by atoms with Crippen molar-refractivity contribution in [3.63, 3.8) is 0 Å². The Bertz CT molecular complexity index is 818. The lowest BCUT2D eigenvalue weighted by atomic mass is 10.0. The van der Waals surface area contributed by atoms with Gasteiger partial charge >= 0.3 is 0 Å². The van der Waals surface area contributed by atoms with Crippen LogP contribution in [0.15, 0.2) is 48.8 Å². The van der Waals surface area contributed by atoms with Crippen LogP contribution in [0.25, 0.3) is 11.3 Å². The van der Waals surface area contributed by atoms with Gasteiger partial charge in [-0.2, -0.15) is 5.10 Å². The molecule has 0 amide bonds. The van der Waals surface area contributed by atoms with Gasteiger partial charge in [0.05, 0.1) is 17.9 Å². The van der Waals surface area contributed by atoms with Crippen LogP contribution in [0.4, 0.5) is 0 Å². The molecule has 124 valence electrons. The SMILES string of the molecule is CC[C@H]1c2cccn2CCN1Cc1cn[nH]c1-c1ccc(O)cc1. The highest BCUT2D eigenvalue weighted by molar-refractivity contribution is 5.63. The van der Waals surface area contributed by atoms with Gasteiger partial charge in [-0.05, 0) is 42.8 Å². The number of aromatic hydroxyl groups is 1. The molecule has 0 aliphatic carbocycles. The first-order valence-electron chi connectivity index (χ1n) is 8.47. The first-order valence-corrected chi connectivity index (χ1v) is 8.47. The molecule has 0 bridgehead atoms. The number of benzene rings is 1. The molecule has 3 aromatic rings. The topological polar surface area (TPSA) is 57.1 Å². The van der Waals surface area contributed by atoms with Gasteiger partial charge in [0.1, 0.15) is 5.75 Å². The first kappa shape index (κ1) is 15.0. The number of H-pyrrole nitrogens is 1. The summed E-state index contributed by atoms with van der Waals surface area (Å²) in [4.78, 5) is 2.53. The zero-order valence-corrected chi connectivity index (χ0v) is 13.8. The van der Waals surface area contributed by atoms with Crippen molar-refractivity contribution in [1.82, 2.24) is 19.7 Å². The Hall–Kier alpha value is -2.53. The number of hydrogen-bond donors (Lipinski definition) is 2. The molecule has 3 heterocycles. The molecule has 1 aliphatic heterocycles. The Kier molecular flexibility index (Phi) is 3.86. The van der Waals surface area contributed by atoms with Gasteiger partial charge in [-0.15, -0.1) is 0 Å². The average Bonchev–Trinajstić information content (AvgIpc) is 3.24. The van der Waals surface area contributed by atoms with Gasteiger partial charge in [-0.25, -0.2) is 0 Å². The van der Waals surface area contributed by atoms with Crippen molar-refractivity contribution in [3.05, 3.63) is 60.0 Å². The van der Waals surface area contributed by atoms with Crippen LogP contribution in [-0.4, -0.2) is 31.3 Å². The fourth-order valence-corrected chi connectivity index (χ4v) is 3.70. The van der Waals surface area contributed by atoms with E-state index in [9.17, 15) is 5.11 Å². The molecule has 1 aromatic carbocycles. The molecule has 5 nitrogen and oxygen atoms in total. The predicted molar refractivity (Wildman–Crippen MR) is 93.6 cm³/mol. The molecule has 24 heavy (non-hydrogen) atoms. The Morgan fingerprint density at radius 2 is 2.04 bits per heavy atom. The van der Waals surface area contributed by atoms with Gasteiger partial charge in [0.2, 0.25) is 0 Å². The van der Waals surface area contributed by atoms with E-state index in [1.807, 2.05) is 18.3 Å². The van der Waals surface area contributed by atoms with E-state index in [2.05, 4.69) is 44.9 Å². The maximum Gasteiger partial charge on any atom is 0.115 e. The summed E-state index contributed by atoms with van der Waals surface area (Å²) >= 11 is 0. The van der Waals surface area contributed by atoms with E-state index in [1.165, 1.54) is 11.3 Å². The lowest BCUT2D eigenvalue weighted by Gasteiger charge is -2.36. The van der Waals surface area contributed by atoms with Crippen molar-refractivity contribution >= 4 is 0 Å². The van der Waals surface area contributed by atoms with E-state index in [0.29, 0.717) is 6.04 Å². The van der Waals surface area contributed by atoms with Crippen LogP contribution in [0, 0.1) is 0 Å². The summed E-state index contributed by atoms with van der Waals surface area (Å²) in [6.07, 6.45) is 5.19. The predicted octanol–water partition coefficient (Wildman–Crippen LogP) is 3.55. The molecule has 0 radical (unpaired) electrons. The summed E-state index contributed by atoms with van der Waals surface area (Å²) in [5.74, 6) is 0.280. The molecule has 2 N–H and O–H groups in total. The Balaban J connectivity index is 1.60. The molecule has 0 saturated carbocycles. The number of hydrogen-bond acceptors (Lipinski definition) is 3. The van der Waals surface area contributed by atoms with Gasteiger partial charge in [0.15, 0.2) is 0 Å². The van der Waals surface area contributed by atoms with Crippen molar-refractivity contribution in [2.24, 2.45) is 0 Å². The van der Waals surface area contributed by atoms with Crippen molar-refractivity contribution in [2.75, 3.05) is 6.54 Å². The lowest BCUT2D eigenvalue weighted by molar-refractivity contribution is 0.144. The van der Waals surface area contributed by atoms with Crippen molar-refractivity contribution in [3.8, 4) is 17.0 Å². The highest BCUT2D eigenvalue weighted by Gasteiger charge is 2.26. The number of phenols is 1. The fraction of sp³-hybridized carbons (Fsp3) is 0.316. The highest BCUT2D eigenvalue weighted by Crippen LogP contribution is 2.32. The molecule has 0 fully saturated rings. The largest absolute Gasteiger partial charge is 0.508 e. The van der Waals surface area contributed by atoms with Gasteiger partial charge in [-0.3, -0.25) is 10.00 Å². The zero-order valence-electron chi connectivity index (χ0n) is 13.8. The number of nitrogens with one attached hydrogen (secondary N) is 1. The van der Waals surface area contributed by atoms with E-state index in [1.54, 1.807) is 12.1 Å². The zero-order chi connectivity index (χ0) is 16.5. The quantitative estimate of drug-likeness (QED) is 0.772. The van der Waals surface area contributed by atoms with Crippen LogP contribution >= 0.6 is 0 Å². The van der Waals surface area contributed by atoms with Crippen molar-refractivity contribution < 1.29 is 5.11 Å². The van der Waals surface area contributed by atoms with Gasteiger partial charge in [-0.1, -0.05) is 6.92 Å². The summed E-state index contributed by atoms with van der Waals surface area (Å²) in [5.41, 5.74) is 4.68. The molecule has 2 aromatic heterocycles. The average molecular weight is 322 g/mol. The molecule has 5 heteroatoms. The number of aromatic nitrogens is 3. The molecular weight excluding hydrogens is 300 g/mol. The van der Waals surface area contributed by atoms with Crippen molar-refractivity contribution in [2.45, 2.75) is 32.5 Å². The molecule has 0 unspecified atom stereocenters. The molecule has 1 aliphatic rings. The van der Waals surface area contributed by atoms with E-state index < -0.39 is 0 Å². The highest BCUT2D eigenvalue weighted by atomic mass is 16.3. The maximum atomic E-state index is 9.49. The fourth-order valence-electron chi connectivity index (χ4n) is 3.70. The number of nitrogens with zero attached hydrogens (tertiary/aromatic N) is 3. The van der Waals surface area contributed by atoms with Crippen LogP contribution in [0.3, 0.4) is 0 Å². The third kappa shape index (κ3) is 2.61. The van der Waals surface area contributed by atoms with Gasteiger partial charge < -0.3 is 9.67 Å². The first-order chi connectivity index (χ1) is 11.8. The number of aromatic amines is 1. The minimum Gasteiger partial charge on any atom is -0.508 e. The number of fused-ring (bicyclic) bond motifs is 1. The normalized spacial score (nSPS) is 17.8. The van der Waals surface area contributed by atoms with E-state index >= 15 is 0 Å². The third-order valence-electron chi connectivity index (χ3n) is 4.91. The third-order valence-corrected chi connectivity index (χ3v) is 4.91. The Morgan fingerprint density at radius 1 is 1.21 bits per heavy atom. The van der Waals surface area contributed by atoms with E-state index in [4.69, 9.17) is 0 Å². The van der Waals surface area contributed by atoms with Crippen LogP contribution in [-0.2, 0) is 13.1 Å². The molecular formula is C19H22N4O. The van der Waals surface area contributed by atoms with Crippen LogP contribution in [0.2, 0.25) is 0 Å². The summed E-state index contributed by atoms with van der Waals surface area (Å²) in [6, 6.07) is 12.1. The monoisotopic (exact) mass is 322 g/mol. The second-order valence-corrected chi connectivity index (χ2v) is 6.34. The Labute approximate surface area is 141 Å². The van der Waals surface area contributed by atoms with E-state index in [-0.39, 0.29) is 5.75 Å². The van der Waals surface area contributed by atoms with Crippen LogP contribution in [0.1, 0.15) is 30.6 Å². The summed E-state index contributed by atoms with van der Waals surface area (Å²) in [5, 5.41) is 16.9. The van der Waals surface area contributed by atoms with Crippen LogP contribution < -0.4 is 0 Å². The summed E-state index contributed by atoms with van der Waals surface area (Å²) < 4.78 is 2.36. The second-order valence-electron chi connectivity index (χ2n) is 6.34. The van der Waals surface area contributed by atoms with Gasteiger partial charge in [0, 0.05) is 42.7 Å². The smallest absolute Gasteiger partial charge is 0.115 e. The summed E-state index contributed by atoms with van der Waals surface area (Å²) in [7, 11) is 0. The van der Waals surface area contributed by atoms with Crippen LogP contribution in [0.5, 0.6) is 5.75 Å². The second kappa shape index (κ2) is 6.17. The van der Waals surface area contributed by atoms with Gasteiger partial charge in [0.25, 0.3) is 0 Å². The lowest BCUT2D eigenvalue weighted by Crippen LogP contribution is -2.37. The standard InChI is InChI=1S/C19H22N4O/c1-2-17-18-4-3-9-22(18)10-11-23(17)13-15-12-20-21-19(15)14-5-7-16(24)8-6-14/h3-9,12,17,24H,2,10-11,13H2,1H3,(H,20,21)/t17-/m0/s1.